The van der Waals surface area contributed by atoms with Crippen LogP contribution >= 0.6 is 11.6 Å². The molecule has 3 aromatic rings. The van der Waals surface area contributed by atoms with Gasteiger partial charge in [-0.2, -0.15) is 0 Å². The molecule has 0 atom stereocenters. The zero-order valence-corrected chi connectivity index (χ0v) is 17.2. The Kier molecular flexibility index (Phi) is 5.83. The lowest BCUT2D eigenvalue weighted by Crippen LogP contribution is -2.32. The number of nitrogens with one attached hydrogen (secondary N) is 2. The fraction of sp³-hybridized carbons (Fsp3) is 0.227. The number of carbonyl (C=O) groups excluding carboxylic acids is 2. The zero-order valence-electron chi connectivity index (χ0n) is 16.4. The number of benzene rings is 1. The van der Waals surface area contributed by atoms with Gasteiger partial charge in [-0.25, -0.2) is 4.98 Å². The predicted molar refractivity (Wildman–Crippen MR) is 116 cm³/mol. The van der Waals surface area contributed by atoms with Gasteiger partial charge in [0.25, 0.3) is 0 Å². The third-order valence-electron chi connectivity index (χ3n) is 4.88. The van der Waals surface area contributed by atoms with Crippen molar-refractivity contribution in [3.63, 3.8) is 0 Å². The van der Waals surface area contributed by atoms with Crippen molar-refractivity contribution in [2.75, 3.05) is 25.5 Å². The maximum Gasteiger partial charge on any atom is 0.246 e. The van der Waals surface area contributed by atoms with Crippen LogP contribution in [0.1, 0.15) is 16.9 Å². The van der Waals surface area contributed by atoms with Crippen molar-refractivity contribution in [1.82, 2.24) is 15.2 Å². The van der Waals surface area contributed by atoms with Crippen molar-refractivity contribution in [3.8, 4) is 0 Å². The number of hydrogen-bond acceptors (Lipinski definition) is 5. The van der Waals surface area contributed by atoms with Gasteiger partial charge in [-0.05, 0) is 48.4 Å². The number of pyridine rings is 1. The molecule has 0 radical (unpaired) electrons. The Bertz CT molecular complexity index is 1140. The van der Waals surface area contributed by atoms with Crippen LogP contribution in [0.4, 0.5) is 5.82 Å². The molecule has 0 bridgehead atoms. The van der Waals surface area contributed by atoms with Crippen molar-refractivity contribution in [2.45, 2.75) is 13.0 Å². The monoisotopic (exact) mass is 424 g/mol. The molecule has 0 aliphatic carbocycles. The van der Waals surface area contributed by atoms with Crippen LogP contribution in [0.3, 0.4) is 0 Å². The largest absolute Gasteiger partial charge is 0.458 e. The molecule has 0 unspecified atom stereocenters. The van der Waals surface area contributed by atoms with Crippen molar-refractivity contribution in [1.29, 1.82) is 0 Å². The average molecular weight is 425 g/mol. The number of anilines is 1. The fourth-order valence-electron chi connectivity index (χ4n) is 3.28. The van der Waals surface area contributed by atoms with Gasteiger partial charge < -0.3 is 20.0 Å². The van der Waals surface area contributed by atoms with Crippen LogP contribution in [0.5, 0.6) is 0 Å². The molecule has 1 aliphatic heterocycles. The Labute approximate surface area is 178 Å². The minimum absolute atomic E-state index is 0.118. The summed E-state index contributed by atoms with van der Waals surface area (Å²) < 4.78 is 5.78. The minimum atomic E-state index is -0.187. The molecule has 0 fully saturated rings. The number of para-hydroxylation sites is 1. The van der Waals surface area contributed by atoms with Gasteiger partial charge in [0.2, 0.25) is 11.8 Å². The highest BCUT2D eigenvalue weighted by Crippen LogP contribution is 2.31. The van der Waals surface area contributed by atoms with Gasteiger partial charge in [-0.1, -0.05) is 23.7 Å². The quantitative estimate of drug-likeness (QED) is 0.628. The molecular formula is C22H21ClN4O3. The van der Waals surface area contributed by atoms with E-state index in [9.17, 15) is 9.59 Å². The van der Waals surface area contributed by atoms with E-state index in [1.807, 2.05) is 30.3 Å². The summed E-state index contributed by atoms with van der Waals surface area (Å²) in [5, 5.41) is 7.20. The second-order valence-electron chi connectivity index (χ2n) is 7.11. The van der Waals surface area contributed by atoms with Crippen LogP contribution in [0.25, 0.3) is 17.0 Å². The lowest BCUT2D eigenvalue weighted by atomic mass is 10.1. The van der Waals surface area contributed by atoms with E-state index in [1.165, 1.54) is 11.0 Å². The number of nitrogens with zero attached hydrogens (tertiary/aromatic N) is 2. The molecule has 1 aromatic carbocycles. The molecular weight excluding hydrogens is 404 g/mol. The number of rotatable bonds is 4. The van der Waals surface area contributed by atoms with Gasteiger partial charge in [0.05, 0.1) is 18.1 Å². The number of furan rings is 1. The Morgan fingerprint density at radius 1 is 1.37 bits per heavy atom. The standard InChI is InChI=1S/C22H21ClN4O3/c1-27(13-18-21(23)16-4-2-3-5-17(16)30-18)20(29)7-6-14-10-15-8-9-24-12-19(28)26-22(15)25-11-14/h2-7,10-11,24H,8-9,12-13H2,1H3,(H,25,26,28)/b7-6+. The average Bonchev–Trinajstić information content (AvgIpc) is 3.04. The van der Waals surface area contributed by atoms with Gasteiger partial charge in [0, 0.05) is 24.7 Å². The number of likely N-dealkylation sites (N-methyl/N-ethyl adjacent to an activating group) is 1. The highest BCUT2D eigenvalue weighted by atomic mass is 35.5. The Morgan fingerprint density at radius 2 is 2.20 bits per heavy atom. The first-order valence-electron chi connectivity index (χ1n) is 9.60. The number of halogens is 1. The molecule has 2 amide bonds. The van der Waals surface area contributed by atoms with Gasteiger partial charge in [-0.3, -0.25) is 9.59 Å². The molecule has 0 saturated heterocycles. The third-order valence-corrected chi connectivity index (χ3v) is 5.29. The number of amides is 2. The van der Waals surface area contributed by atoms with Crippen LogP contribution in [0, 0.1) is 0 Å². The molecule has 30 heavy (non-hydrogen) atoms. The molecule has 7 nitrogen and oxygen atoms in total. The number of carbonyl (C=O) groups is 2. The maximum atomic E-state index is 12.5. The zero-order chi connectivity index (χ0) is 21.1. The summed E-state index contributed by atoms with van der Waals surface area (Å²) in [6.45, 7) is 1.23. The van der Waals surface area contributed by atoms with Gasteiger partial charge in [-0.15, -0.1) is 0 Å². The molecule has 4 rings (SSSR count). The summed E-state index contributed by atoms with van der Waals surface area (Å²) in [6.07, 6.45) is 5.57. The number of aromatic nitrogens is 1. The summed E-state index contributed by atoms with van der Waals surface area (Å²) in [5.41, 5.74) is 2.40. The van der Waals surface area contributed by atoms with E-state index in [-0.39, 0.29) is 24.9 Å². The Morgan fingerprint density at radius 3 is 3.03 bits per heavy atom. The van der Waals surface area contributed by atoms with Crippen LogP contribution in [0.15, 0.2) is 47.0 Å². The molecule has 154 valence electrons. The molecule has 0 saturated carbocycles. The molecule has 8 heteroatoms. The van der Waals surface area contributed by atoms with Crippen LogP contribution in [0.2, 0.25) is 5.02 Å². The van der Waals surface area contributed by atoms with Crippen molar-refractivity contribution < 1.29 is 14.0 Å². The summed E-state index contributed by atoms with van der Waals surface area (Å²) >= 11 is 6.39. The summed E-state index contributed by atoms with van der Waals surface area (Å²) in [4.78, 5) is 30.1. The molecule has 2 N–H and O–H groups in total. The van der Waals surface area contributed by atoms with E-state index in [0.717, 1.165) is 22.9 Å². The fourth-order valence-corrected chi connectivity index (χ4v) is 3.53. The van der Waals surface area contributed by atoms with Crippen molar-refractivity contribution >= 4 is 46.3 Å². The van der Waals surface area contributed by atoms with Crippen LogP contribution < -0.4 is 10.6 Å². The lowest BCUT2D eigenvalue weighted by Gasteiger charge is -2.15. The van der Waals surface area contributed by atoms with Gasteiger partial charge in [0.1, 0.15) is 17.2 Å². The molecule has 1 aliphatic rings. The highest BCUT2D eigenvalue weighted by molar-refractivity contribution is 6.36. The SMILES string of the molecule is CN(Cc1oc2ccccc2c1Cl)C(=O)/C=C/c1cnc2c(c1)CCNCC(=O)N2. The van der Waals surface area contributed by atoms with Crippen LogP contribution in [-0.2, 0) is 22.6 Å². The summed E-state index contributed by atoms with van der Waals surface area (Å²) in [6, 6.07) is 9.43. The molecule has 0 spiro atoms. The first kappa shape index (κ1) is 20.1. The van der Waals surface area contributed by atoms with Crippen LogP contribution in [-0.4, -0.2) is 41.8 Å². The summed E-state index contributed by atoms with van der Waals surface area (Å²) in [7, 11) is 1.69. The van der Waals surface area contributed by atoms with Crippen molar-refractivity contribution in [2.24, 2.45) is 0 Å². The van der Waals surface area contributed by atoms with E-state index in [1.54, 1.807) is 19.3 Å². The second-order valence-corrected chi connectivity index (χ2v) is 7.49. The van der Waals surface area contributed by atoms with E-state index in [0.29, 0.717) is 28.7 Å². The maximum absolute atomic E-state index is 12.5. The normalized spacial score (nSPS) is 14.3. The topological polar surface area (TPSA) is 87.5 Å². The smallest absolute Gasteiger partial charge is 0.246 e. The first-order chi connectivity index (χ1) is 14.5. The highest BCUT2D eigenvalue weighted by Gasteiger charge is 2.16. The van der Waals surface area contributed by atoms with Gasteiger partial charge in [0.15, 0.2) is 0 Å². The Hall–Kier alpha value is -3.16. The van der Waals surface area contributed by atoms with E-state index >= 15 is 0 Å². The predicted octanol–water partition coefficient (Wildman–Crippen LogP) is 3.24. The lowest BCUT2D eigenvalue weighted by molar-refractivity contribution is -0.125. The second kappa shape index (κ2) is 8.69. The number of fused-ring (bicyclic) bond motifs is 2. The van der Waals surface area contributed by atoms with E-state index < -0.39 is 0 Å². The Balaban J connectivity index is 1.45. The van der Waals surface area contributed by atoms with E-state index in [4.69, 9.17) is 16.0 Å². The summed E-state index contributed by atoms with van der Waals surface area (Å²) in [5.74, 6) is 0.816. The van der Waals surface area contributed by atoms with E-state index in [2.05, 4.69) is 15.6 Å². The first-order valence-corrected chi connectivity index (χ1v) is 9.97. The minimum Gasteiger partial charge on any atom is -0.458 e. The molecule has 3 heterocycles. The number of hydrogen-bond donors (Lipinski definition) is 2. The van der Waals surface area contributed by atoms with Crippen molar-refractivity contribution in [3.05, 3.63) is 64.5 Å². The molecule has 2 aromatic heterocycles. The third kappa shape index (κ3) is 4.37. The van der Waals surface area contributed by atoms with Gasteiger partial charge >= 0.3 is 0 Å².